The van der Waals surface area contributed by atoms with E-state index >= 15 is 0 Å². The van der Waals surface area contributed by atoms with Crippen molar-refractivity contribution in [3.05, 3.63) is 46.8 Å². The van der Waals surface area contributed by atoms with E-state index in [1.165, 1.54) is 0 Å². The van der Waals surface area contributed by atoms with Crippen LogP contribution < -0.4 is 5.43 Å². The van der Waals surface area contributed by atoms with Crippen molar-refractivity contribution in [2.45, 2.75) is 6.54 Å². The summed E-state index contributed by atoms with van der Waals surface area (Å²) in [6, 6.07) is 9.17. The molecular formula is C13H14ClNO2. The Balaban J connectivity index is 2.23. The Morgan fingerprint density at radius 1 is 1.18 bits per heavy atom. The number of fused-ring (bicyclic) bond motifs is 1. The van der Waals surface area contributed by atoms with Crippen LogP contribution in [0.15, 0.2) is 41.3 Å². The topological polar surface area (TPSA) is 31.2 Å². The van der Waals surface area contributed by atoms with Crippen LogP contribution in [-0.4, -0.2) is 23.7 Å². The second-order valence-corrected chi connectivity index (χ2v) is 4.07. The van der Waals surface area contributed by atoms with Crippen LogP contribution in [-0.2, 0) is 11.3 Å². The van der Waals surface area contributed by atoms with Gasteiger partial charge in [-0.25, -0.2) is 0 Å². The van der Waals surface area contributed by atoms with Gasteiger partial charge in [-0.1, -0.05) is 12.1 Å². The number of hydrogen-bond donors (Lipinski definition) is 0. The molecule has 17 heavy (non-hydrogen) atoms. The Kier molecular flexibility index (Phi) is 4.18. The normalized spacial score (nSPS) is 10.9. The number of halogens is 1. The lowest BCUT2D eigenvalue weighted by Gasteiger charge is -2.10. The number of nitrogens with zero attached hydrogens (tertiary/aromatic N) is 1. The van der Waals surface area contributed by atoms with E-state index in [0.717, 1.165) is 17.4 Å². The van der Waals surface area contributed by atoms with Crippen LogP contribution in [0.3, 0.4) is 0 Å². The fourth-order valence-corrected chi connectivity index (χ4v) is 1.88. The molecule has 2 aromatic rings. The lowest BCUT2D eigenvalue weighted by molar-refractivity contribution is 0.141. The molecule has 0 atom stereocenters. The number of rotatable bonds is 5. The molecule has 90 valence electrons. The van der Waals surface area contributed by atoms with E-state index in [-0.39, 0.29) is 5.43 Å². The highest BCUT2D eigenvalue weighted by Crippen LogP contribution is 2.09. The van der Waals surface area contributed by atoms with E-state index < -0.39 is 0 Å². The Morgan fingerprint density at radius 3 is 2.82 bits per heavy atom. The molecule has 0 bridgehead atoms. The largest absolute Gasteiger partial charge is 0.378 e. The highest BCUT2D eigenvalue weighted by atomic mass is 35.5. The van der Waals surface area contributed by atoms with E-state index in [1.54, 1.807) is 12.3 Å². The summed E-state index contributed by atoms with van der Waals surface area (Å²) >= 11 is 5.53. The van der Waals surface area contributed by atoms with E-state index in [0.29, 0.717) is 19.1 Å². The molecule has 0 saturated heterocycles. The van der Waals surface area contributed by atoms with Gasteiger partial charge in [-0.2, -0.15) is 0 Å². The highest BCUT2D eigenvalue weighted by Gasteiger charge is 2.01. The summed E-state index contributed by atoms with van der Waals surface area (Å²) in [6.07, 6.45) is 1.80. The van der Waals surface area contributed by atoms with Crippen molar-refractivity contribution in [1.82, 2.24) is 4.57 Å². The van der Waals surface area contributed by atoms with Crippen molar-refractivity contribution in [2.24, 2.45) is 0 Å². The van der Waals surface area contributed by atoms with Crippen LogP contribution in [0.25, 0.3) is 10.9 Å². The number of para-hydroxylation sites is 1. The SMILES string of the molecule is O=c1ccn(CCOCCCl)c2ccccc12. The molecule has 0 aliphatic rings. The zero-order valence-electron chi connectivity index (χ0n) is 9.43. The van der Waals surface area contributed by atoms with Gasteiger partial charge >= 0.3 is 0 Å². The van der Waals surface area contributed by atoms with Gasteiger partial charge in [-0.15, -0.1) is 11.6 Å². The summed E-state index contributed by atoms with van der Waals surface area (Å²) in [5.74, 6) is 0.505. The third-order valence-electron chi connectivity index (χ3n) is 2.58. The number of benzene rings is 1. The molecule has 0 aliphatic heterocycles. The molecule has 0 fully saturated rings. The Bertz CT molecular complexity index is 550. The van der Waals surface area contributed by atoms with Crippen molar-refractivity contribution in [1.29, 1.82) is 0 Å². The summed E-state index contributed by atoms with van der Waals surface area (Å²) in [7, 11) is 0. The number of ether oxygens (including phenoxy) is 1. The van der Waals surface area contributed by atoms with Crippen LogP contribution in [0.4, 0.5) is 0 Å². The fraction of sp³-hybridized carbons (Fsp3) is 0.308. The average molecular weight is 252 g/mol. The Labute approximate surface area is 105 Å². The summed E-state index contributed by atoms with van der Waals surface area (Å²) in [5.41, 5.74) is 0.994. The van der Waals surface area contributed by atoms with Gasteiger partial charge in [0.1, 0.15) is 0 Å². The van der Waals surface area contributed by atoms with Gasteiger partial charge in [0.2, 0.25) is 0 Å². The van der Waals surface area contributed by atoms with Gasteiger partial charge in [-0.05, 0) is 12.1 Å². The van der Waals surface area contributed by atoms with E-state index in [4.69, 9.17) is 16.3 Å². The zero-order valence-corrected chi connectivity index (χ0v) is 10.2. The summed E-state index contributed by atoms with van der Waals surface area (Å²) in [6.45, 7) is 1.87. The first-order valence-corrected chi connectivity index (χ1v) is 6.08. The fourth-order valence-electron chi connectivity index (χ4n) is 1.77. The molecule has 0 unspecified atom stereocenters. The summed E-state index contributed by atoms with van der Waals surface area (Å²) < 4.78 is 7.35. The monoisotopic (exact) mass is 251 g/mol. The second kappa shape index (κ2) is 5.84. The molecule has 1 aromatic carbocycles. The standard InChI is InChI=1S/C13H14ClNO2/c14-6-9-17-10-8-15-7-5-13(16)11-3-1-2-4-12(11)15/h1-5,7H,6,8-10H2. The summed E-state index contributed by atoms with van der Waals surface area (Å²) in [5, 5.41) is 0.743. The molecule has 0 saturated carbocycles. The van der Waals surface area contributed by atoms with Gasteiger partial charge in [0.15, 0.2) is 5.43 Å². The average Bonchev–Trinajstić information content (AvgIpc) is 2.37. The molecule has 1 heterocycles. The second-order valence-electron chi connectivity index (χ2n) is 3.69. The lowest BCUT2D eigenvalue weighted by atomic mass is 10.2. The minimum atomic E-state index is 0.0542. The van der Waals surface area contributed by atoms with Crippen molar-refractivity contribution < 1.29 is 4.74 Å². The molecule has 4 heteroatoms. The van der Waals surface area contributed by atoms with Crippen LogP contribution in [0.2, 0.25) is 0 Å². The first-order chi connectivity index (χ1) is 8.33. The molecule has 0 amide bonds. The highest BCUT2D eigenvalue weighted by molar-refractivity contribution is 6.17. The van der Waals surface area contributed by atoms with Crippen molar-refractivity contribution in [2.75, 3.05) is 19.1 Å². The van der Waals surface area contributed by atoms with Gasteiger partial charge in [0.25, 0.3) is 0 Å². The lowest BCUT2D eigenvalue weighted by Crippen LogP contribution is -2.11. The van der Waals surface area contributed by atoms with Gasteiger partial charge < -0.3 is 9.30 Å². The maximum absolute atomic E-state index is 11.6. The molecule has 2 rings (SSSR count). The molecule has 0 N–H and O–H groups in total. The quantitative estimate of drug-likeness (QED) is 0.603. The first-order valence-electron chi connectivity index (χ1n) is 5.55. The van der Waals surface area contributed by atoms with Crippen molar-refractivity contribution in [3.63, 3.8) is 0 Å². The van der Waals surface area contributed by atoms with E-state index in [1.807, 2.05) is 28.8 Å². The van der Waals surface area contributed by atoms with Crippen molar-refractivity contribution >= 4 is 22.5 Å². The first kappa shape index (κ1) is 12.1. The number of hydrogen-bond acceptors (Lipinski definition) is 2. The Hall–Kier alpha value is -1.32. The smallest absolute Gasteiger partial charge is 0.189 e. The molecular weight excluding hydrogens is 238 g/mol. The molecule has 0 radical (unpaired) electrons. The van der Waals surface area contributed by atoms with Crippen LogP contribution in [0, 0.1) is 0 Å². The maximum atomic E-state index is 11.6. The predicted molar refractivity (Wildman–Crippen MR) is 69.7 cm³/mol. The Morgan fingerprint density at radius 2 is 2.00 bits per heavy atom. The summed E-state index contributed by atoms with van der Waals surface area (Å²) in [4.78, 5) is 11.6. The van der Waals surface area contributed by atoms with Crippen LogP contribution in [0.1, 0.15) is 0 Å². The van der Waals surface area contributed by atoms with Crippen LogP contribution in [0.5, 0.6) is 0 Å². The number of pyridine rings is 1. The van der Waals surface area contributed by atoms with Crippen molar-refractivity contribution in [3.8, 4) is 0 Å². The predicted octanol–water partition coefficient (Wildman–Crippen LogP) is 2.26. The van der Waals surface area contributed by atoms with Gasteiger partial charge in [0, 0.05) is 30.1 Å². The molecule has 0 spiro atoms. The van der Waals surface area contributed by atoms with Crippen LogP contribution >= 0.6 is 11.6 Å². The molecule has 0 aliphatic carbocycles. The number of alkyl halides is 1. The molecule has 1 aromatic heterocycles. The minimum Gasteiger partial charge on any atom is -0.378 e. The van der Waals surface area contributed by atoms with E-state index in [9.17, 15) is 4.79 Å². The van der Waals surface area contributed by atoms with Gasteiger partial charge in [0.05, 0.1) is 18.7 Å². The molecule has 3 nitrogen and oxygen atoms in total. The maximum Gasteiger partial charge on any atom is 0.189 e. The third-order valence-corrected chi connectivity index (χ3v) is 2.74. The third kappa shape index (κ3) is 2.87. The van der Waals surface area contributed by atoms with E-state index in [2.05, 4.69) is 0 Å². The van der Waals surface area contributed by atoms with Gasteiger partial charge in [-0.3, -0.25) is 4.79 Å². The minimum absolute atomic E-state index is 0.0542. The number of aromatic nitrogens is 1. The zero-order chi connectivity index (χ0) is 12.1.